The van der Waals surface area contributed by atoms with Gasteiger partial charge in [0, 0.05) is 69.5 Å². The molecule has 0 N–H and O–H groups in total. The highest BCUT2D eigenvalue weighted by Gasteiger charge is 2.75. The quantitative estimate of drug-likeness (QED) is 0.130. The molecule has 4 heterocycles. The van der Waals surface area contributed by atoms with E-state index in [9.17, 15) is 24.0 Å². The van der Waals surface area contributed by atoms with Crippen LogP contribution in [0.5, 0.6) is 0 Å². The van der Waals surface area contributed by atoms with E-state index >= 15 is 0 Å². The van der Waals surface area contributed by atoms with Gasteiger partial charge in [-0.15, -0.1) is 0 Å². The van der Waals surface area contributed by atoms with Crippen LogP contribution >= 0.6 is 11.6 Å². The van der Waals surface area contributed by atoms with E-state index in [1.165, 1.54) is 39.0 Å². The molecule has 2 bridgehead atoms. The lowest BCUT2D eigenvalue weighted by molar-refractivity contribution is -0.164. The van der Waals surface area contributed by atoms with Crippen LogP contribution in [0.15, 0.2) is 48.5 Å². The molecule has 0 radical (unpaired) electrons. The predicted molar refractivity (Wildman–Crippen MR) is 244 cm³/mol. The summed E-state index contributed by atoms with van der Waals surface area (Å²) in [5.74, 6) is 0.301. The normalized spacial score (nSPS) is 26.6. The number of ether oxygens (including phenoxy) is 3. The lowest BCUT2D eigenvalue weighted by Crippen LogP contribution is -2.56. The second-order valence-corrected chi connectivity index (χ2v) is 20.1. The molecule has 4 aliphatic heterocycles. The predicted octanol–water partition coefficient (Wildman–Crippen LogP) is 9.96. The number of carbonyl (C=O) groups is 5. The number of carbonyl (C=O) groups excluding carboxylic acids is 5. The zero-order valence-corrected chi connectivity index (χ0v) is 39.7. The largest absolute Gasteiger partial charge is 0.461 e. The van der Waals surface area contributed by atoms with Gasteiger partial charge in [-0.1, -0.05) is 101 Å². The fourth-order valence-corrected chi connectivity index (χ4v) is 11.6. The van der Waals surface area contributed by atoms with Gasteiger partial charge in [0.1, 0.15) is 12.2 Å². The molecule has 2 aromatic rings. The van der Waals surface area contributed by atoms with Crippen LogP contribution in [0.3, 0.4) is 0 Å². The summed E-state index contributed by atoms with van der Waals surface area (Å²) in [5.41, 5.74) is 1.58. The number of likely N-dealkylation sites (tertiary alicyclic amines) is 2. The Bertz CT molecular complexity index is 1910. The Balaban J connectivity index is 0.000000213. The standard InChI is InChI=1S/C32H49N3O3.C10H13ClO3.C9H10O2/c1-4-5-14-28-32(38-31(37)35(28)23-26-12-7-6-8-13-26)17-21-33(22-18-32)27-15-19-34(20-16-27)30(36)29-24(2)10-9-11-25(29)3;1-8(2)9(3)4-5-10(8,6(11)12)14-7(9)13;1-8(10)11-7-9-5-3-2-4-6-9/h9-11,26-28H,4-8,12-23H2,1-3H3;4-5H2,1-3H3;2-6H,7H2,1H3/t28-;;/m1../s1. The summed E-state index contributed by atoms with van der Waals surface area (Å²) in [7, 11) is 0. The zero-order valence-electron chi connectivity index (χ0n) is 39.0. The first-order valence-corrected chi connectivity index (χ1v) is 24.1. The first-order valence-electron chi connectivity index (χ1n) is 23.7. The molecule has 12 heteroatoms. The zero-order chi connectivity index (χ0) is 45.6. The Kier molecular flexibility index (Phi) is 15.8. The molecular formula is C51H72ClN3O8. The van der Waals surface area contributed by atoms with E-state index in [-0.39, 0.29) is 35.6 Å². The molecule has 11 nitrogen and oxygen atoms in total. The number of benzene rings is 2. The maximum absolute atomic E-state index is 13.3. The number of halogens is 1. The number of rotatable bonds is 10. The van der Waals surface area contributed by atoms with Crippen LogP contribution in [0.2, 0.25) is 0 Å². The van der Waals surface area contributed by atoms with Gasteiger partial charge in [0.25, 0.3) is 11.1 Å². The van der Waals surface area contributed by atoms with Gasteiger partial charge in [-0.2, -0.15) is 0 Å². The SMILES string of the molecule is CC(=O)OCc1ccccc1.CC12CCC(C(=O)Cl)(OC1=O)C2(C)C.CCCC[C@H]1N(CC2CCCCC2)C(=O)OC12CCN(C1CCN(C(=O)c3c(C)cccc3C)CC1)CC2. The van der Waals surface area contributed by atoms with Crippen LogP contribution in [0.1, 0.15) is 152 Å². The topological polar surface area (TPSA) is 123 Å². The average Bonchev–Trinajstić information content (AvgIpc) is 3.70. The number of aryl methyl sites for hydroxylation is 2. The van der Waals surface area contributed by atoms with E-state index in [0.717, 1.165) is 99.9 Å². The Morgan fingerprint density at radius 3 is 1.97 bits per heavy atom. The molecule has 2 aromatic carbocycles. The highest BCUT2D eigenvalue weighted by atomic mass is 35.5. The van der Waals surface area contributed by atoms with Crippen LogP contribution in [0.4, 0.5) is 4.79 Å². The lowest BCUT2D eigenvalue weighted by atomic mass is 9.67. The fourth-order valence-electron chi connectivity index (χ4n) is 11.3. The van der Waals surface area contributed by atoms with Gasteiger partial charge < -0.3 is 24.0 Å². The molecule has 4 saturated heterocycles. The van der Waals surface area contributed by atoms with Crippen molar-refractivity contribution < 1.29 is 38.2 Å². The molecule has 8 rings (SSSR count). The molecular weight excluding hydrogens is 818 g/mol. The highest BCUT2D eigenvalue weighted by Crippen LogP contribution is 2.66. The number of hydrogen-bond donors (Lipinski definition) is 0. The summed E-state index contributed by atoms with van der Waals surface area (Å²) >= 11 is 5.56. The van der Waals surface area contributed by atoms with Crippen molar-refractivity contribution in [3.05, 3.63) is 70.8 Å². The molecule has 63 heavy (non-hydrogen) atoms. The smallest absolute Gasteiger partial charge is 0.410 e. The summed E-state index contributed by atoms with van der Waals surface area (Å²) in [4.78, 5) is 66.8. The number of unbranched alkanes of at least 4 members (excludes halogenated alkanes) is 1. The van der Waals surface area contributed by atoms with Gasteiger partial charge in [-0.3, -0.25) is 24.1 Å². The third-order valence-electron chi connectivity index (χ3n) is 15.8. The number of fused-ring (bicyclic) bond motifs is 2. The summed E-state index contributed by atoms with van der Waals surface area (Å²) in [5, 5.41) is -0.544. The third kappa shape index (κ3) is 10.1. The molecule has 2 amide bonds. The Morgan fingerprint density at radius 1 is 0.810 bits per heavy atom. The van der Waals surface area contributed by atoms with Crippen molar-refractivity contribution in [1.82, 2.24) is 14.7 Å². The van der Waals surface area contributed by atoms with E-state index in [2.05, 4.69) is 21.6 Å². The molecule has 2 unspecified atom stereocenters. The third-order valence-corrected chi connectivity index (χ3v) is 16.1. The number of esters is 2. The number of hydrogen-bond acceptors (Lipinski definition) is 9. The monoisotopic (exact) mass is 890 g/mol. The van der Waals surface area contributed by atoms with Crippen LogP contribution in [-0.2, 0) is 35.2 Å². The van der Waals surface area contributed by atoms with Gasteiger partial charge >= 0.3 is 18.0 Å². The van der Waals surface area contributed by atoms with Crippen molar-refractivity contribution in [2.45, 2.75) is 168 Å². The van der Waals surface area contributed by atoms with Gasteiger partial charge in [0.05, 0.1) is 11.5 Å². The Labute approximate surface area is 380 Å². The molecule has 6 aliphatic rings. The van der Waals surface area contributed by atoms with Gasteiger partial charge in [-0.25, -0.2) is 4.79 Å². The molecule has 2 aliphatic carbocycles. The van der Waals surface area contributed by atoms with Crippen LogP contribution in [0.25, 0.3) is 0 Å². The van der Waals surface area contributed by atoms with Crippen molar-refractivity contribution in [2.75, 3.05) is 32.7 Å². The van der Waals surface area contributed by atoms with Crippen LogP contribution in [-0.4, -0.2) is 99.9 Å². The van der Waals surface area contributed by atoms with Crippen molar-refractivity contribution >= 4 is 40.8 Å². The fraction of sp³-hybridized carbons (Fsp3) is 0.667. The Morgan fingerprint density at radius 2 is 1.44 bits per heavy atom. The molecule has 1 spiro atoms. The van der Waals surface area contributed by atoms with Gasteiger partial charge in [0.2, 0.25) is 0 Å². The van der Waals surface area contributed by atoms with E-state index in [4.69, 9.17) is 25.8 Å². The van der Waals surface area contributed by atoms with Gasteiger partial charge in [0.15, 0.2) is 5.60 Å². The number of piperidine rings is 2. The second-order valence-electron chi connectivity index (χ2n) is 19.8. The molecule has 2 saturated carbocycles. The van der Waals surface area contributed by atoms with E-state index in [1.54, 1.807) is 0 Å². The van der Waals surface area contributed by atoms with Crippen LogP contribution in [0, 0.1) is 30.6 Å². The maximum atomic E-state index is 13.3. The number of amides is 2. The van der Waals surface area contributed by atoms with Crippen molar-refractivity contribution in [3.63, 3.8) is 0 Å². The minimum absolute atomic E-state index is 0.0524. The maximum Gasteiger partial charge on any atom is 0.410 e. The average molecular weight is 891 g/mol. The van der Waals surface area contributed by atoms with E-state index < -0.39 is 21.7 Å². The number of nitrogens with zero attached hydrogens (tertiary/aromatic N) is 3. The molecule has 0 aromatic heterocycles. The van der Waals surface area contributed by atoms with E-state index in [0.29, 0.717) is 31.4 Å². The second kappa shape index (κ2) is 20.5. The lowest BCUT2D eigenvalue weighted by Gasteiger charge is -2.46. The van der Waals surface area contributed by atoms with E-state index in [1.807, 2.05) is 83.1 Å². The van der Waals surface area contributed by atoms with Crippen molar-refractivity contribution in [3.8, 4) is 0 Å². The van der Waals surface area contributed by atoms with Crippen molar-refractivity contribution in [2.24, 2.45) is 16.7 Å². The summed E-state index contributed by atoms with van der Waals surface area (Å²) < 4.78 is 16.3. The van der Waals surface area contributed by atoms with Crippen LogP contribution < -0.4 is 0 Å². The molecule has 346 valence electrons. The minimum atomic E-state index is -1.08. The van der Waals surface area contributed by atoms with Gasteiger partial charge in [-0.05, 0) is 99.9 Å². The first kappa shape index (κ1) is 48.5. The summed E-state index contributed by atoms with van der Waals surface area (Å²) in [6.45, 7) is 18.2. The minimum Gasteiger partial charge on any atom is -0.461 e. The summed E-state index contributed by atoms with van der Waals surface area (Å²) in [6, 6.07) is 16.4. The molecule has 6 fully saturated rings. The van der Waals surface area contributed by atoms with Crippen molar-refractivity contribution in [1.29, 1.82) is 0 Å². The Hall–Kier alpha value is -3.96. The summed E-state index contributed by atoms with van der Waals surface area (Å²) in [6.07, 6.45) is 15.0. The molecule has 3 atom stereocenters. The first-order chi connectivity index (χ1) is 30.0. The highest BCUT2D eigenvalue weighted by molar-refractivity contribution is 6.65.